The van der Waals surface area contributed by atoms with E-state index in [1.807, 2.05) is 6.92 Å². The number of ketones is 1. The quantitative estimate of drug-likeness (QED) is 0.869. The normalized spacial score (nSPS) is 10.3. The fourth-order valence-electron chi connectivity index (χ4n) is 2.07. The molecule has 5 heteroatoms. The van der Waals surface area contributed by atoms with Gasteiger partial charge in [-0.15, -0.1) is 0 Å². The molecule has 104 valence electrons. The Morgan fingerprint density at radius 2 is 1.95 bits per heavy atom. The summed E-state index contributed by atoms with van der Waals surface area (Å²) in [5.74, 6) is -0.327. The molecular formula is C15H17N3O2. The van der Waals surface area contributed by atoms with E-state index in [1.165, 1.54) is 6.92 Å². The van der Waals surface area contributed by atoms with Crippen molar-refractivity contribution < 1.29 is 9.59 Å². The number of carbonyl (C=O) groups excluding carboxylic acids is 2. The maximum atomic E-state index is 12.3. The zero-order valence-corrected chi connectivity index (χ0v) is 11.8. The number of amides is 1. The summed E-state index contributed by atoms with van der Waals surface area (Å²) in [4.78, 5) is 23.8. The molecule has 2 rings (SSSR count). The first-order valence-corrected chi connectivity index (χ1v) is 6.46. The minimum Gasteiger partial charge on any atom is -0.321 e. The SMILES string of the molecule is CCc1nn(C)cc1C(=O)Nc1ccccc1C(C)=O. The maximum Gasteiger partial charge on any atom is 0.259 e. The number of nitrogens with one attached hydrogen (secondary N) is 1. The van der Waals surface area contributed by atoms with Gasteiger partial charge in [0.2, 0.25) is 0 Å². The van der Waals surface area contributed by atoms with Crippen LogP contribution in [-0.4, -0.2) is 21.5 Å². The molecule has 1 aromatic heterocycles. The zero-order valence-electron chi connectivity index (χ0n) is 11.8. The Hall–Kier alpha value is -2.43. The molecule has 2 aromatic rings. The van der Waals surface area contributed by atoms with Crippen molar-refractivity contribution in [2.75, 3.05) is 5.32 Å². The van der Waals surface area contributed by atoms with Gasteiger partial charge >= 0.3 is 0 Å². The minimum absolute atomic E-state index is 0.0807. The van der Waals surface area contributed by atoms with Crippen LogP contribution in [0.25, 0.3) is 0 Å². The molecule has 0 saturated heterocycles. The van der Waals surface area contributed by atoms with Crippen LogP contribution in [-0.2, 0) is 13.5 Å². The van der Waals surface area contributed by atoms with E-state index >= 15 is 0 Å². The number of aryl methyl sites for hydroxylation is 2. The van der Waals surface area contributed by atoms with Crippen molar-refractivity contribution in [1.29, 1.82) is 0 Å². The molecule has 1 aromatic carbocycles. The predicted octanol–water partition coefficient (Wildman–Crippen LogP) is 2.44. The first-order valence-electron chi connectivity index (χ1n) is 6.46. The average Bonchev–Trinajstić information content (AvgIpc) is 2.80. The Morgan fingerprint density at radius 3 is 2.60 bits per heavy atom. The van der Waals surface area contributed by atoms with E-state index in [4.69, 9.17) is 0 Å². The fourth-order valence-corrected chi connectivity index (χ4v) is 2.07. The third-order valence-corrected chi connectivity index (χ3v) is 3.04. The van der Waals surface area contributed by atoms with Crippen molar-refractivity contribution in [3.8, 4) is 0 Å². The van der Waals surface area contributed by atoms with E-state index in [2.05, 4.69) is 10.4 Å². The van der Waals surface area contributed by atoms with Gasteiger partial charge in [-0.05, 0) is 25.5 Å². The largest absolute Gasteiger partial charge is 0.321 e. The molecule has 0 atom stereocenters. The second kappa shape index (κ2) is 5.69. The predicted molar refractivity (Wildman–Crippen MR) is 77.0 cm³/mol. The second-order valence-corrected chi connectivity index (χ2v) is 4.57. The number of aromatic nitrogens is 2. The number of hydrogen-bond donors (Lipinski definition) is 1. The van der Waals surface area contributed by atoms with Gasteiger partial charge in [-0.2, -0.15) is 5.10 Å². The highest BCUT2D eigenvalue weighted by atomic mass is 16.2. The van der Waals surface area contributed by atoms with Gasteiger partial charge in [-0.3, -0.25) is 14.3 Å². The van der Waals surface area contributed by atoms with Crippen LogP contribution < -0.4 is 5.32 Å². The lowest BCUT2D eigenvalue weighted by molar-refractivity contribution is 0.101. The van der Waals surface area contributed by atoms with Crippen LogP contribution in [0.5, 0.6) is 0 Å². The van der Waals surface area contributed by atoms with Crippen LogP contribution in [0.1, 0.15) is 40.3 Å². The highest BCUT2D eigenvalue weighted by molar-refractivity contribution is 6.09. The first-order chi connectivity index (χ1) is 9.52. The summed E-state index contributed by atoms with van der Waals surface area (Å²) >= 11 is 0. The number of hydrogen-bond acceptors (Lipinski definition) is 3. The number of anilines is 1. The second-order valence-electron chi connectivity index (χ2n) is 4.57. The molecule has 1 amide bonds. The van der Waals surface area contributed by atoms with Gasteiger partial charge in [0.05, 0.1) is 16.9 Å². The van der Waals surface area contributed by atoms with E-state index < -0.39 is 0 Å². The summed E-state index contributed by atoms with van der Waals surface area (Å²) in [6, 6.07) is 6.97. The molecule has 5 nitrogen and oxygen atoms in total. The van der Waals surface area contributed by atoms with Crippen LogP contribution in [0, 0.1) is 0 Å². The van der Waals surface area contributed by atoms with Crippen LogP contribution in [0.15, 0.2) is 30.5 Å². The average molecular weight is 271 g/mol. The van der Waals surface area contributed by atoms with Gasteiger partial charge in [-0.1, -0.05) is 19.1 Å². The molecule has 0 bridgehead atoms. The number of nitrogens with zero attached hydrogens (tertiary/aromatic N) is 2. The maximum absolute atomic E-state index is 12.3. The summed E-state index contributed by atoms with van der Waals surface area (Å²) in [7, 11) is 1.78. The van der Waals surface area contributed by atoms with Crippen molar-refractivity contribution in [1.82, 2.24) is 9.78 Å². The summed E-state index contributed by atoms with van der Waals surface area (Å²) < 4.78 is 1.62. The molecular weight excluding hydrogens is 254 g/mol. The van der Waals surface area contributed by atoms with Gasteiger partial charge < -0.3 is 5.32 Å². The Labute approximate surface area is 117 Å². The van der Waals surface area contributed by atoms with Crippen molar-refractivity contribution in [3.05, 3.63) is 47.3 Å². The zero-order chi connectivity index (χ0) is 14.7. The Kier molecular flexibility index (Phi) is 3.98. The third-order valence-electron chi connectivity index (χ3n) is 3.04. The molecule has 1 N–H and O–H groups in total. The van der Waals surface area contributed by atoms with Crippen LogP contribution in [0.4, 0.5) is 5.69 Å². The smallest absolute Gasteiger partial charge is 0.259 e. The Bertz CT molecular complexity index is 659. The lowest BCUT2D eigenvalue weighted by atomic mass is 10.1. The van der Waals surface area contributed by atoms with Gasteiger partial charge in [0.25, 0.3) is 5.91 Å². The van der Waals surface area contributed by atoms with E-state index in [9.17, 15) is 9.59 Å². The first kappa shape index (κ1) is 14.0. The Morgan fingerprint density at radius 1 is 1.25 bits per heavy atom. The fraction of sp³-hybridized carbons (Fsp3) is 0.267. The molecule has 0 aliphatic heterocycles. The van der Waals surface area contributed by atoms with Gasteiger partial charge in [0.15, 0.2) is 5.78 Å². The van der Waals surface area contributed by atoms with Crippen molar-refractivity contribution in [2.45, 2.75) is 20.3 Å². The number of rotatable bonds is 4. The topological polar surface area (TPSA) is 64.0 Å². The number of para-hydroxylation sites is 1. The molecule has 0 fully saturated rings. The third kappa shape index (κ3) is 2.77. The number of Topliss-reactive ketones (excluding diaryl/α,β-unsaturated/α-hetero) is 1. The lowest BCUT2D eigenvalue weighted by Crippen LogP contribution is -2.15. The van der Waals surface area contributed by atoms with Crippen LogP contribution in [0.2, 0.25) is 0 Å². The molecule has 0 aliphatic rings. The summed E-state index contributed by atoms with van der Waals surface area (Å²) in [6.45, 7) is 3.43. The van der Waals surface area contributed by atoms with Crippen LogP contribution in [0.3, 0.4) is 0 Å². The van der Waals surface area contributed by atoms with Crippen molar-refractivity contribution in [2.24, 2.45) is 7.05 Å². The standard InChI is InChI=1S/C15H17N3O2/c1-4-13-12(9-18(3)17-13)15(20)16-14-8-6-5-7-11(14)10(2)19/h5-9H,4H2,1-3H3,(H,16,20). The molecule has 0 saturated carbocycles. The van der Waals surface area contributed by atoms with Crippen LogP contribution >= 0.6 is 0 Å². The van der Waals surface area contributed by atoms with E-state index in [1.54, 1.807) is 42.2 Å². The summed E-state index contributed by atoms with van der Waals surface area (Å²) in [5, 5.41) is 7.02. The molecule has 1 heterocycles. The van der Waals surface area contributed by atoms with Gasteiger partial charge in [0, 0.05) is 18.8 Å². The summed E-state index contributed by atoms with van der Waals surface area (Å²) in [6.07, 6.45) is 2.36. The number of benzene rings is 1. The number of carbonyl (C=O) groups is 2. The minimum atomic E-state index is -0.247. The molecule has 0 aliphatic carbocycles. The molecule has 20 heavy (non-hydrogen) atoms. The van der Waals surface area contributed by atoms with Gasteiger partial charge in [0.1, 0.15) is 0 Å². The monoisotopic (exact) mass is 271 g/mol. The van der Waals surface area contributed by atoms with Crippen molar-refractivity contribution in [3.63, 3.8) is 0 Å². The van der Waals surface area contributed by atoms with E-state index in [-0.39, 0.29) is 11.7 Å². The highest BCUT2D eigenvalue weighted by Crippen LogP contribution is 2.17. The van der Waals surface area contributed by atoms with Crippen molar-refractivity contribution >= 4 is 17.4 Å². The van der Waals surface area contributed by atoms with E-state index in [0.29, 0.717) is 23.2 Å². The van der Waals surface area contributed by atoms with Gasteiger partial charge in [-0.25, -0.2) is 0 Å². The highest BCUT2D eigenvalue weighted by Gasteiger charge is 2.16. The Balaban J connectivity index is 2.30. The molecule has 0 radical (unpaired) electrons. The molecule has 0 spiro atoms. The van der Waals surface area contributed by atoms with E-state index in [0.717, 1.165) is 5.69 Å². The molecule has 0 unspecified atom stereocenters. The summed E-state index contributed by atoms with van der Waals surface area (Å²) in [5.41, 5.74) is 2.30. The lowest BCUT2D eigenvalue weighted by Gasteiger charge is -2.08.